The number of hydrogen-bond acceptors (Lipinski definition) is 4. The Morgan fingerprint density at radius 1 is 1.14 bits per heavy atom. The van der Waals surface area contributed by atoms with Crippen LogP contribution in [0.4, 0.5) is 4.39 Å². The molecule has 0 bridgehead atoms. The van der Waals surface area contributed by atoms with Crippen molar-refractivity contribution in [3.8, 4) is 5.75 Å². The monoisotopic (exact) mass is 385 g/mol. The molecule has 2 aromatic rings. The van der Waals surface area contributed by atoms with Gasteiger partial charge in [-0.25, -0.2) is 4.39 Å². The second-order valence-corrected chi connectivity index (χ2v) is 7.36. The number of hydrogen-bond donors (Lipinski definition) is 1. The van der Waals surface area contributed by atoms with Crippen LogP contribution in [0.2, 0.25) is 0 Å². The molecule has 1 heterocycles. The van der Waals surface area contributed by atoms with Crippen molar-refractivity contribution < 1.29 is 23.8 Å². The number of likely N-dealkylation sites (tertiary alicyclic amines) is 1. The second kappa shape index (κ2) is 8.52. The summed E-state index contributed by atoms with van der Waals surface area (Å²) >= 11 is 0. The smallest absolute Gasteiger partial charge is 0.233 e. The zero-order valence-corrected chi connectivity index (χ0v) is 16.0. The lowest BCUT2D eigenvalue weighted by Gasteiger charge is -2.20. The van der Waals surface area contributed by atoms with Gasteiger partial charge in [-0.05, 0) is 61.2 Å². The Morgan fingerprint density at radius 3 is 2.43 bits per heavy atom. The molecule has 0 aliphatic carbocycles. The number of halogens is 1. The van der Waals surface area contributed by atoms with E-state index in [2.05, 4.69) is 0 Å². The van der Waals surface area contributed by atoms with Gasteiger partial charge in [0.05, 0.1) is 12.5 Å². The van der Waals surface area contributed by atoms with Gasteiger partial charge in [-0.15, -0.1) is 0 Å². The molecule has 2 atom stereocenters. The van der Waals surface area contributed by atoms with Crippen molar-refractivity contribution in [2.45, 2.75) is 32.8 Å². The third-order valence-electron chi connectivity index (χ3n) is 4.76. The fourth-order valence-electron chi connectivity index (χ4n) is 3.48. The van der Waals surface area contributed by atoms with Crippen molar-refractivity contribution in [1.29, 1.82) is 0 Å². The molecule has 1 N–H and O–H groups in total. The van der Waals surface area contributed by atoms with Crippen LogP contribution in [0.15, 0.2) is 42.5 Å². The first kappa shape index (κ1) is 20.0. The molecule has 3 rings (SSSR count). The van der Waals surface area contributed by atoms with E-state index in [9.17, 15) is 19.1 Å². The quantitative estimate of drug-likeness (QED) is 0.745. The SMILES string of the molecule is Cc1cc(C)cc(OCC(O)CN2C(=O)CC(Cc3ccc(F)cc3)C2=O)c1. The van der Waals surface area contributed by atoms with E-state index in [1.54, 1.807) is 12.1 Å². The Bertz CT molecular complexity index is 845. The number of aliphatic hydroxyl groups is 1. The molecule has 148 valence electrons. The summed E-state index contributed by atoms with van der Waals surface area (Å²) in [5.41, 5.74) is 2.91. The molecule has 2 amide bonds. The minimum absolute atomic E-state index is 0.0113. The van der Waals surface area contributed by atoms with Gasteiger partial charge in [0.15, 0.2) is 0 Å². The van der Waals surface area contributed by atoms with Crippen LogP contribution in [-0.2, 0) is 16.0 Å². The summed E-state index contributed by atoms with van der Waals surface area (Å²) in [4.78, 5) is 25.9. The number of aliphatic hydroxyl groups excluding tert-OH is 1. The van der Waals surface area contributed by atoms with Gasteiger partial charge < -0.3 is 9.84 Å². The number of β-amino-alcohol motifs (C(OH)–C–C–N with tert-alkyl or cyclic N) is 1. The van der Waals surface area contributed by atoms with Crippen molar-refractivity contribution in [3.05, 3.63) is 65.0 Å². The lowest BCUT2D eigenvalue weighted by atomic mass is 9.98. The first-order valence-corrected chi connectivity index (χ1v) is 9.29. The topological polar surface area (TPSA) is 66.8 Å². The van der Waals surface area contributed by atoms with Crippen LogP contribution >= 0.6 is 0 Å². The van der Waals surface area contributed by atoms with E-state index in [0.29, 0.717) is 12.2 Å². The number of imide groups is 1. The summed E-state index contributed by atoms with van der Waals surface area (Å²) in [6, 6.07) is 11.6. The summed E-state index contributed by atoms with van der Waals surface area (Å²) < 4.78 is 18.6. The molecule has 28 heavy (non-hydrogen) atoms. The number of nitrogens with zero attached hydrogens (tertiary/aromatic N) is 1. The van der Waals surface area contributed by atoms with Gasteiger partial charge in [0, 0.05) is 6.42 Å². The number of benzene rings is 2. The molecule has 1 saturated heterocycles. The standard InChI is InChI=1S/C22H24FNO4/c1-14-7-15(2)9-20(8-14)28-13-19(25)12-24-21(26)11-17(22(24)27)10-16-3-5-18(23)6-4-16/h3-9,17,19,25H,10-13H2,1-2H3. The molecule has 1 aliphatic rings. The molecule has 0 saturated carbocycles. The van der Waals surface area contributed by atoms with Crippen molar-refractivity contribution in [1.82, 2.24) is 4.90 Å². The summed E-state index contributed by atoms with van der Waals surface area (Å²) in [6.07, 6.45) is -0.504. The van der Waals surface area contributed by atoms with Gasteiger partial charge >= 0.3 is 0 Å². The Hall–Kier alpha value is -2.73. The Kier molecular flexibility index (Phi) is 6.09. The molecule has 5 nitrogen and oxygen atoms in total. The number of carbonyl (C=O) groups excluding carboxylic acids is 2. The van der Waals surface area contributed by atoms with E-state index < -0.39 is 12.0 Å². The molecule has 1 aliphatic heterocycles. The fourth-order valence-corrected chi connectivity index (χ4v) is 3.48. The zero-order chi connectivity index (χ0) is 20.3. The lowest BCUT2D eigenvalue weighted by Crippen LogP contribution is -2.39. The maximum Gasteiger partial charge on any atom is 0.233 e. The Balaban J connectivity index is 1.55. The van der Waals surface area contributed by atoms with Gasteiger partial charge in [-0.3, -0.25) is 14.5 Å². The van der Waals surface area contributed by atoms with Crippen LogP contribution in [0.3, 0.4) is 0 Å². The normalized spacial score (nSPS) is 17.9. The summed E-state index contributed by atoms with van der Waals surface area (Å²) in [5, 5.41) is 10.2. The van der Waals surface area contributed by atoms with Crippen LogP contribution in [0, 0.1) is 25.6 Å². The van der Waals surface area contributed by atoms with E-state index >= 15 is 0 Å². The molecule has 6 heteroatoms. The minimum atomic E-state index is -0.974. The molecule has 1 fully saturated rings. The van der Waals surface area contributed by atoms with E-state index in [1.165, 1.54) is 12.1 Å². The lowest BCUT2D eigenvalue weighted by molar-refractivity contribution is -0.141. The highest BCUT2D eigenvalue weighted by molar-refractivity contribution is 6.03. The maximum absolute atomic E-state index is 13.0. The summed E-state index contributed by atoms with van der Waals surface area (Å²) in [5.74, 6) is -0.788. The third-order valence-corrected chi connectivity index (χ3v) is 4.76. The number of carbonyl (C=O) groups is 2. The third kappa shape index (κ3) is 4.95. The van der Waals surface area contributed by atoms with Crippen LogP contribution in [0.25, 0.3) is 0 Å². The predicted octanol–water partition coefficient (Wildman–Crippen LogP) is 2.80. The van der Waals surface area contributed by atoms with Crippen molar-refractivity contribution in [2.75, 3.05) is 13.2 Å². The van der Waals surface area contributed by atoms with Gasteiger partial charge in [-0.1, -0.05) is 18.2 Å². The predicted molar refractivity (Wildman–Crippen MR) is 102 cm³/mol. The highest BCUT2D eigenvalue weighted by atomic mass is 19.1. The first-order valence-electron chi connectivity index (χ1n) is 9.29. The van der Waals surface area contributed by atoms with Gasteiger partial charge in [0.1, 0.15) is 24.3 Å². The number of amides is 2. The van der Waals surface area contributed by atoms with Gasteiger partial charge in [-0.2, -0.15) is 0 Å². The van der Waals surface area contributed by atoms with Crippen LogP contribution in [0.1, 0.15) is 23.1 Å². The Morgan fingerprint density at radius 2 is 1.79 bits per heavy atom. The van der Waals surface area contributed by atoms with E-state index in [0.717, 1.165) is 21.6 Å². The molecule has 2 unspecified atom stereocenters. The molecule has 2 aromatic carbocycles. The summed E-state index contributed by atoms with van der Waals surface area (Å²) in [7, 11) is 0. The number of aryl methyl sites for hydroxylation is 2. The minimum Gasteiger partial charge on any atom is -0.491 e. The maximum atomic E-state index is 13.0. The van der Waals surface area contributed by atoms with Crippen LogP contribution < -0.4 is 4.74 Å². The molecule has 0 aromatic heterocycles. The Labute approximate surface area is 163 Å². The molecular formula is C22H24FNO4. The largest absolute Gasteiger partial charge is 0.491 e. The van der Waals surface area contributed by atoms with Gasteiger partial charge in [0.25, 0.3) is 0 Å². The van der Waals surface area contributed by atoms with Gasteiger partial charge in [0.2, 0.25) is 11.8 Å². The fraction of sp³-hybridized carbons (Fsp3) is 0.364. The highest BCUT2D eigenvalue weighted by Gasteiger charge is 2.39. The highest BCUT2D eigenvalue weighted by Crippen LogP contribution is 2.24. The first-order chi connectivity index (χ1) is 13.3. The number of ether oxygens (including phenoxy) is 1. The average Bonchev–Trinajstić information content (AvgIpc) is 2.88. The van der Waals surface area contributed by atoms with Crippen molar-refractivity contribution in [2.24, 2.45) is 5.92 Å². The van der Waals surface area contributed by atoms with Crippen molar-refractivity contribution >= 4 is 11.8 Å². The van der Waals surface area contributed by atoms with Crippen molar-refractivity contribution in [3.63, 3.8) is 0 Å². The van der Waals surface area contributed by atoms with Crippen LogP contribution in [-0.4, -0.2) is 41.1 Å². The molecule has 0 radical (unpaired) electrons. The number of rotatable bonds is 7. The van der Waals surface area contributed by atoms with E-state index in [4.69, 9.17) is 4.74 Å². The molecule has 0 spiro atoms. The van der Waals surface area contributed by atoms with E-state index in [1.807, 2.05) is 32.0 Å². The molecular weight excluding hydrogens is 361 g/mol. The van der Waals surface area contributed by atoms with E-state index in [-0.39, 0.29) is 37.2 Å². The zero-order valence-electron chi connectivity index (χ0n) is 16.0. The summed E-state index contributed by atoms with van der Waals surface area (Å²) in [6.45, 7) is 3.81. The average molecular weight is 385 g/mol. The second-order valence-electron chi connectivity index (χ2n) is 7.36. The van der Waals surface area contributed by atoms with Crippen LogP contribution in [0.5, 0.6) is 5.75 Å².